The van der Waals surface area contributed by atoms with Gasteiger partial charge >= 0.3 is 0 Å². The Balaban J connectivity index is 1.18. The molecule has 1 saturated carbocycles. The molecule has 13 heteroatoms. The number of carbonyl (C=O) groups is 2. The van der Waals surface area contributed by atoms with Crippen LogP contribution < -0.4 is 15.4 Å². The van der Waals surface area contributed by atoms with E-state index < -0.39 is 29.2 Å². The number of fused-ring (bicyclic) bond motifs is 5. The summed E-state index contributed by atoms with van der Waals surface area (Å²) in [7, 11) is 0. The van der Waals surface area contributed by atoms with Crippen LogP contribution in [0.1, 0.15) is 86.8 Å². The molecule has 1 aliphatic carbocycles. The molecule has 10 rings (SSSR count). The largest absolute Gasteiger partial charge is 0.469 e. The molecule has 3 aliphatic heterocycles. The van der Waals surface area contributed by atoms with Gasteiger partial charge in [0.15, 0.2) is 34.4 Å². The maximum absolute atomic E-state index is 14.4. The number of rotatable bonds is 6. The van der Waals surface area contributed by atoms with Gasteiger partial charge in [-0.25, -0.2) is 4.98 Å². The summed E-state index contributed by atoms with van der Waals surface area (Å²) in [5, 5.41) is 19.4. The van der Waals surface area contributed by atoms with Gasteiger partial charge in [-0.1, -0.05) is 105 Å². The van der Waals surface area contributed by atoms with Crippen LogP contribution in [0.3, 0.4) is 0 Å². The highest BCUT2D eigenvalue weighted by molar-refractivity contribution is 6.37. The first-order valence-electron chi connectivity index (χ1n) is 19.2. The zero-order valence-electron chi connectivity index (χ0n) is 30.7. The summed E-state index contributed by atoms with van der Waals surface area (Å²) in [5.41, 5.74) is 2.55. The lowest BCUT2D eigenvalue weighted by atomic mass is 9.72. The molecule has 11 nitrogen and oxygen atoms in total. The minimum atomic E-state index is -1.43. The molecular weight excluding hydrogens is 753 g/mol. The molecule has 4 N–H and O–H groups in total. The number of hydrogen-bond donors (Lipinski definition) is 4. The molecular formula is C43H39Cl2N5O6. The van der Waals surface area contributed by atoms with E-state index in [-0.39, 0.29) is 53.1 Å². The Bertz CT molecular complexity index is 2570. The molecule has 3 aromatic heterocycles. The van der Waals surface area contributed by atoms with Crippen molar-refractivity contribution in [3.63, 3.8) is 0 Å². The summed E-state index contributed by atoms with van der Waals surface area (Å²) in [4.78, 5) is 41.3. The standard InChI is InChI=1S/C43H39Cl2N5O6/c1-21(2)32-39-49-33(40-50-37(45)34(55-40)31-24-10-4-6-12-27(24)46-36(31)44)35(56-39)43-25-11-5-7-13-28(25)47-41(43)54-29-15-14-22(19-26(29)43)18-23(38(52)48-32)20-30(51)42(53)16-8-3-9-17-42/h4-7,10-15,19,21,23,32,41,46-47,53H,3,8-9,16-18,20H2,1-2H3,(H,48,52)/t23?,32-,41-,43?/m0/s1. The molecule has 4 bridgehead atoms. The van der Waals surface area contributed by atoms with Crippen molar-refractivity contribution in [3.8, 4) is 28.7 Å². The van der Waals surface area contributed by atoms with Crippen molar-refractivity contribution >= 4 is 51.5 Å². The number of ketones is 1. The van der Waals surface area contributed by atoms with Crippen LogP contribution in [0.15, 0.2) is 75.6 Å². The smallest absolute Gasteiger partial charge is 0.250 e. The highest BCUT2D eigenvalue weighted by Gasteiger charge is 2.61. The third kappa shape index (κ3) is 5.27. The number of amides is 1. The van der Waals surface area contributed by atoms with Crippen molar-refractivity contribution in [1.82, 2.24) is 20.3 Å². The summed E-state index contributed by atoms with van der Waals surface area (Å²) in [6, 6.07) is 20.8. The van der Waals surface area contributed by atoms with Crippen LogP contribution in [0.5, 0.6) is 5.75 Å². The number of anilines is 1. The number of H-pyrrole nitrogens is 1. The van der Waals surface area contributed by atoms with Gasteiger partial charge in [0.1, 0.15) is 28.0 Å². The highest BCUT2D eigenvalue weighted by atomic mass is 35.5. The van der Waals surface area contributed by atoms with Crippen LogP contribution in [0.2, 0.25) is 10.3 Å². The quantitative estimate of drug-likeness (QED) is 0.129. The van der Waals surface area contributed by atoms with Gasteiger partial charge in [-0.2, -0.15) is 4.98 Å². The Morgan fingerprint density at radius 1 is 0.964 bits per heavy atom. The van der Waals surface area contributed by atoms with Gasteiger partial charge in [-0.05, 0) is 54.5 Å². The van der Waals surface area contributed by atoms with E-state index in [2.05, 4.69) is 15.6 Å². The van der Waals surface area contributed by atoms with E-state index >= 15 is 0 Å². The number of aromatic amines is 1. The predicted molar refractivity (Wildman–Crippen MR) is 211 cm³/mol. The molecule has 4 atom stereocenters. The van der Waals surface area contributed by atoms with Crippen LogP contribution in [-0.4, -0.2) is 43.6 Å². The van der Waals surface area contributed by atoms with Gasteiger partial charge in [0.05, 0.1) is 5.56 Å². The number of nitrogens with one attached hydrogen (secondary N) is 3. The van der Waals surface area contributed by atoms with Crippen LogP contribution in [0.4, 0.5) is 5.69 Å². The average Bonchev–Trinajstić information content (AvgIpc) is 3.99. The molecule has 0 radical (unpaired) electrons. The Hall–Kier alpha value is -5.10. The second-order valence-corrected chi connectivity index (χ2v) is 16.6. The zero-order valence-corrected chi connectivity index (χ0v) is 32.3. The van der Waals surface area contributed by atoms with Crippen molar-refractivity contribution < 1.29 is 28.3 Å². The summed E-state index contributed by atoms with van der Waals surface area (Å²) in [6.45, 7) is 3.94. The summed E-state index contributed by atoms with van der Waals surface area (Å²) in [5.74, 6) is 0.0631. The number of hydrogen-bond acceptors (Lipinski definition) is 9. The molecule has 1 spiro atoms. The maximum Gasteiger partial charge on any atom is 0.250 e. The number of nitrogens with zero attached hydrogens (tertiary/aromatic N) is 2. The lowest BCUT2D eigenvalue weighted by molar-refractivity contribution is -0.144. The Labute approximate surface area is 332 Å². The monoisotopic (exact) mass is 791 g/mol. The number of ether oxygens (including phenoxy) is 1. The van der Waals surface area contributed by atoms with E-state index in [9.17, 15) is 14.7 Å². The molecule has 1 fully saturated rings. The van der Waals surface area contributed by atoms with Gasteiger partial charge in [-0.3, -0.25) is 9.59 Å². The Morgan fingerprint density at radius 2 is 1.75 bits per heavy atom. The van der Waals surface area contributed by atoms with Crippen LogP contribution in [0.25, 0.3) is 33.8 Å². The number of benzene rings is 3. The number of carbonyl (C=O) groups excluding carboxylic acids is 2. The lowest BCUT2D eigenvalue weighted by Gasteiger charge is -2.32. The predicted octanol–water partition coefficient (Wildman–Crippen LogP) is 8.90. The van der Waals surface area contributed by atoms with E-state index in [0.717, 1.165) is 52.5 Å². The molecule has 6 aromatic rings. The fraction of sp³-hybridized carbons (Fsp3) is 0.349. The fourth-order valence-corrected chi connectivity index (χ4v) is 9.78. The highest BCUT2D eigenvalue weighted by Crippen LogP contribution is 2.59. The molecule has 1 amide bonds. The van der Waals surface area contributed by atoms with Crippen LogP contribution >= 0.6 is 23.2 Å². The topological polar surface area (TPSA) is 156 Å². The van der Waals surface area contributed by atoms with Crippen molar-refractivity contribution in [2.75, 3.05) is 5.32 Å². The minimum Gasteiger partial charge on any atom is -0.469 e. The van der Waals surface area contributed by atoms with Gasteiger partial charge in [0, 0.05) is 34.5 Å². The number of Topliss-reactive ketones (excluding diaryl/α,β-unsaturated/α-hetero) is 1. The zero-order chi connectivity index (χ0) is 38.5. The number of aliphatic hydroxyl groups is 1. The molecule has 0 saturated heterocycles. The lowest BCUT2D eigenvalue weighted by Crippen LogP contribution is -2.44. The van der Waals surface area contributed by atoms with E-state index in [4.69, 9.17) is 46.7 Å². The molecule has 4 aliphatic rings. The van der Waals surface area contributed by atoms with Gasteiger partial charge in [-0.15, -0.1) is 0 Å². The first kappa shape index (κ1) is 35.3. The molecule has 3 aromatic carbocycles. The minimum absolute atomic E-state index is 0.0882. The first-order valence-corrected chi connectivity index (χ1v) is 20.0. The Morgan fingerprint density at radius 3 is 2.57 bits per heavy atom. The number of halogens is 2. The third-order valence-corrected chi connectivity index (χ3v) is 12.7. The van der Waals surface area contributed by atoms with Crippen molar-refractivity contribution in [1.29, 1.82) is 0 Å². The normalized spacial score (nSPS) is 23.5. The van der Waals surface area contributed by atoms with E-state index in [1.807, 2.05) is 80.6 Å². The van der Waals surface area contributed by atoms with E-state index in [0.29, 0.717) is 40.8 Å². The number of aromatic nitrogens is 3. The molecule has 6 heterocycles. The number of para-hydroxylation sites is 2. The van der Waals surface area contributed by atoms with Gasteiger partial charge in [0.2, 0.25) is 11.8 Å². The number of oxazole rings is 2. The fourth-order valence-electron chi connectivity index (χ4n) is 9.28. The average molecular weight is 793 g/mol. The summed E-state index contributed by atoms with van der Waals surface area (Å²) >= 11 is 13.7. The molecule has 56 heavy (non-hydrogen) atoms. The van der Waals surface area contributed by atoms with Crippen molar-refractivity contribution in [3.05, 3.63) is 105 Å². The summed E-state index contributed by atoms with van der Waals surface area (Å²) in [6.07, 6.45) is 2.86. The Kier molecular flexibility index (Phi) is 8.18. The molecule has 286 valence electrons. The summed E-state index contributed by atoms with van der Waals surface area (Å²) < 4.78 is 20.3. The van der Waals surface area contributed by atoms with Crippen LogP contribution in [-0.2, 0) is 21.4 Å². The van der Waals surface area contributed by atoms with Gasteiger partial charge < -0.3 is 34.3 Å². The second-order valence-electron chi connectivity index (χ2n) is 15.9. The third-order valence-electron chi connectivity index (χ3n) is 12.1. The first-order chi connectivity index (χ1) is 27.0. The second kappa shape index (κ2) is 13.0. The van der Waals surface area contributed by atoms with Gasteiger partial charge in [0.25, 0.3) is 5.89 Å². The maximum atomic E-state index is 14.4. The van der Waals surface area contributed by atoms with Crippen molar-refractivity contribution in [2.45, 2.75) is 82.1 Å². The van der Waals surface area contributed by atoms with E-state index in [1.54, 1.807) is 0 Å². The van der Waals surface area contributed by atoms with E-state index in [1.165, 1.54) is 0 Å². The van der Waals surface area contributed by atoms with Crippen LogP contribution in [0, 0.1) is 11.8 Å². The van der Waals surface area contributed by atoms with Crippen molar-refractivity contribution in [2.24, 2.45) is 11.8 Å². The SMILES string of the molecule is CC(C)[C@@H]1NC(=O)C(CC(=O)C2(O)CCCCC2)Cc2ccc3c(c2)C2(c4ccccc4N[C@H]2O3)c2oc1nc2-c1nc(Cl)c(-c2c(Cl)[nH]c3ccccc23)o1. The molecule has 2 unspecified atom stereocenters.